The first-order valence-electron chi connectivity index (χ1n) is 13.2. The highest BCUT2D eigenvalue weighted by Gasteiger charge is 2.41. The van der Waals surface area contributed by atoms with E-state index in [1.165, 1.54) is 7.11 Å². The van der Waals surface area contributed by atoms with Crippen molar-refractivity contribution in [2.75, 3.05) is 21.3 Å². The summed E-state index contributed by atoms with van der Waals surface area (Å²) in [5.41, 5.74) is 5.37. The third kappa shape index (κ3) is 5.32. The highest BCUT2D eigenvalue weighted by Crippen LogP contribution is 2.47. The topological polar surface area (TPSA) is 83.1 Å². The van der Waals surface area contributed by atoms with Crippen LogP contribution < -0.4 is 19.5 Å². The van der Waals surface area contributed by atoms with E-state index < -0.39 is 11.9 Å². The number of allylic oxidation sites excluding steroid dienone is 3. The van der Waals surface area contributed by atoms with Gasteiger partial charge in [-0.25, -0.2) is 4.79 Å². The molecular weight excluding hydrogens is 506 g/mol. The van der Waals surface area contributed by atoms with E-state index in [-0.39, 0.29) is 11.7 Å². The summed E-state index contributed by atoms with van der Waals surface area (Å²) >= 11 is 0. The molecule has 40 heavy (non-hydrogen) atoms. The molecule has 2 atom stereocenters. The number of esters is 1. The lowest BCUT2D eigenvalue weighted by molar-refractivity contribution is -0.136. The van der Waals surface area contributed by atoms with Crippen molar-refractivity contribution in [3.63, 3.8) is 0 Å². The lowest BCUT2D eigenvalue weighted by Gasteiger charge is -2.36. The van der Waals surface area contributed by atoms with Crippen molar-refractivity contribution >= 4 is 11.8 Å². The van der Waals surface area contributed by atoms with Crippen LogP contribution in [-0.2, 0) is 20.9 Å². The van der Waals surface area contributed by atoms with Gasteiger partial charge in [-0.1, -0.05) is 48.5 Å². The number of ether oxygens (including phenoxy) is 4. The lowest BCUT2D eigenvalue weighted by Crippen LogP contribution is -2.36. The Morgan fingerprint density at radius 3 is 2.38 bits per heavy atom. The molecule has 2 aliphatic rings. The quantitative estimate of drug-likeness (QED) is 0.361. The van der Waals surface area contributed by atoms with Gasteiger partial charge in [0.15, 0.2) is 17.3 Å². The number of hydrogen-bond acceptors (Lipinski definition) is 7. The molecule has 0 fully saturated rings. The predicted octanol–water partition coefficient (Wildman–Crippen LogP) is 5.82. The molecule has 7 nitrogen and oxygen atoms in total. The maximum Gasteiger partial charge on any atom is 0.336 e. The average molecular weight is 540 g/mol. The first-order chi connectivity index (χ1) is 19.4. The number of carbonyl (C=O) groups is 2. The fourth-order valence-electron chi connectivity index (χ4n) is 5.62. The molecule has 206 valence electrons. The Labute approximate surface area is 234 Å². The fraction of sp³-hybridized carbons (Fsp3) is 0.273. The molecule has 0 radical (unpaired) electrons. The molecule has 0 aromatic heterocycles. The third-order valence-electron chi connectivity index (χ3n) is 7.55. The summed E-state index contributed by atoms with van der Waals surface area (Å²) in [7, 11) is 4.56. The van der Waals surface area contributed by atoms with E-state index in [9.17, 15) is 9.59 Å². The first kappa shape index (κ1) is 27.1. The van der Waals surface area contributed by atoms with Gasteiger partial charge >= 0.3 is 5.97 Å². The van der Waals surface area contributed by atoms with Crippen LogP contribution in [0, 0.1) is 0 Å². The van der Waals surface area contributed by atoms with Crippen LogP contribution in [0.3, 0.4) is 0 Å². The first-order valence-corrected chi connectivity index (χ1v) is 13.2. The minimum atomic E-state index is -0.567. The van der Waals surface area contributed by atoms with Crippen LogP contribution in [0.4, 0.5) is 0 Å². The molecule has 0 saturated heterocycles. The fourth-order valence-corrected chi connectivity index (χ4v) is 5.62. The third-order valence-corrected chi connectivity index (χ3v) is 7.55. The van der Waals surface area contributed by atoms with Gasteiger partial charge in [-0.15, -0.1) is 0 Å². The molecule has 5 rings (SSSR count). The van der Waals surface area contributed by atoms with Crippen LogP contribution in [0.5, 0.6) is 17.2 Å². The highest BCUT2D eigenvalue weighted by molar-refractivity contribution is 6.04. The zero-order valence-corrected chi connectivity index (χ0v) is 23.2. The van der Waals surface area contributed by atoms with Gasteiger partial charge < -0.3 is 24.3 Å². The van der Waals surface area contributed by atoms with E-state index >= 15 is 0 Å². The van der Waals surface area contributed by atoms with Crippen molar-refractivity contribution in [2.24, 2.45) is 0 Å². The van der Waals surface area contributed by atoms with Crippen molar-refractivity contribution in [1.82, 2.24) is 5.32 Å². The Bertz CT molecular complexity index is 1490. The largest absolute Gasteiger partial charge is 0.493 e. The summed E-state index contributed by atoms with van der Waals surface area (Å²) in [4.78, 5) is 26.9. The Morgan fingerprint density at radius 1 is 0.875 bits per heavy atom. The van der Waals surface area contributed by atoms with Crippen LogP contribution in [-0.4, -0.2) is 33.1 Å². The zero-order valence-electron chi connectivity index (χ0n) is 23.2. The van der Waals surface area contributed by atoms with Crippen molar-refractivity contribution in [3.05, 3.63) is 112 Å². The van der Waals surface area contributed by atoms with Crippen molar-refractivity contribution in [1.29, 1.82) is 0 Å². The average Bonchev–Trinajstić information content (AvgIpc) is 2.99. The van der Waals surface area contributed by atoms with Crippen LogP contribution in [0.2, 0.25) is 0 Å². The number of rotatable bonds is 8. The zero-order chi connectivity index (χ0) is 28.2. The number of methoxy groups -OCH3 is 3. The number of Topliss-reactive ketones (excluding diaryl/α,β-unsaturated/α-hetero) is 1. The standard InChI is InChI=1S/C33H33NO6/c1-20-30(33(36)39-4)31(23-11-8-12-25(15-23)40-19-21-9-6-5-7-10-21)32-26(34-20)16-24(17-27(32)35)22-13-14-28(37-2)29(18-22)38-3/h5-15,18,24,31,34H,16-17,19H2,1-4H3/t24-,31+/m0/s1. The molecule has 7 heteroatoms. The van der Waals surface area contributed by atoms with Crippen molar-refractivity contribution in [3.8, 4) is 17.2 Å². The summed E-state index contributed by atoms with van der Waals surface area (Å²) in [6, 6.07) is 23.3. The Morgan fingerprint density at radius 2 is 1.65 bits per heavy atom. The normalized spacial score (nSPS) is 18.6. The maximum absolute atomic E-state index is 13.9. The number of carbonyl (C=O) groups excluding carboxylic acids is 2. The molecule has 1 heterocycles. The van der Waals surface area contributed by atoms with Gasteiger partial charge in [-0.2, -0.15) is 0 Å². The Hall–Kier alpha value is -4.52. The van der Waals surface area contributed by atoms with Crippen LogP contribution in [0.15, 0.2) is 95.3 Å². The van der Waals surface area contributed by atoms with E-state index in [0.717, 1.165) is 22.4 Å². The van der Waals surface area contributed by atoms with Crippen LogP contribution in [0.25, 0.3) is 0 Å². The number of benzene rings is 3. The maximum atomic E-state index is 13.9. The number of ketones is 1. The molecule has 0 bridgehead atoms. The van der Waals surface area contributed by atoms with E-state index in [0.29, 0.717) is 53.5 Å². The number of nitrogens with one attached hydrogen (secondary N) is 1. The summed E-state index contributed by atoms with van der Waals surface area (Å²) in [5.74, 6) is 0.832. The summed E-state index contributed by atoms with van der Waals surface area (Å²) in [6.07, 6.45) is 0.924. The molecule has 3 aromatic rings. The highest BCUT2D eigenvalue weighted by atomic mass is 16.5. The van der Waals surface area contributed by atoms with E-state index in [2.05, 4.69) is 5.32 Å². The van der Waals surface area contributed by atoms with Gasteiger partial charge in [0.2, 0.25) is 0 Å². The van der Waals surface area contributed by atoms with Crippen LogP contribution in [0.1, 0.15) is 48.3 Å². The van der Waals surface area contributed by atoms with E-state index in [1.807, 2.05) is 79.7 Å². The summed E-state index contributed by atoms with van der Waals surface area (Å²) in [5, 5.41) is 3.38. The molecule has 1 aliphatic carbocycles. The lowest BCUT2D eigenvalue weighted by atomic mass is 9.71. The number of hydrogen-bond donors (Lipinski definition) is 1. The second-order valence-electron chi connectivity index (χ2n) is 9.97. The van der Waals surface area contributed by atoms with Crippen molar-refractivity contribution in [2.45, 2.75) is 38.2 Å². The SMILES string of the molecule is COC(=O)C1=C(C)NC2=C(C(=O)C[C@@H](c3ccc(OC)c(OC)c3)C2)[C@@H]1c1cccc(OCc2ccccc2)c1. The van der Waals surface area contributed by atoms with Gasteiger partial charge in [-0.3, -0.25) is 4.79 Å². The molecule has 0 amide bonds. The second-order valence-corrected chi connectivity index (χ2v) is 9.97. The van der Waals surface area contributed by atoms with Gasteiger partial charge in [0.1, 0.15) is 12.4 Å². The van der Waals surface area contributed by atoms with Gasteiger partial charge in [0, 0.05) is 29.3 Å². The summed E-state index contributed by atoms with van der Waals surface area (Å²) < 4.78 is 22.1. The minimum Gasteiger partial charge on any atom is -0.493 e. The van der Waals surface area contributed by atoms with Gasteiger partial charge in [0.05, 0.1) is 26.9 Å². The smallest absolute Gasteiger partial charge is 0.336 e. The number of dihydropyridines is 1. The molecule has 1 aliphatic heterocycles. The second kappa shape index (κ2) is 11.7. The predicted molar refractivity (Wildman–Crippen MR) is 151 cm³/mol. The molecule has 3 aromatic carbocycles. The summed E-state index contributed by atoms with van der Waals surface area (Å²) in [6.45, 7) is 2.26. The van der Waals surface area contributed by atoms with Crippen LogP contribution >= 0.6 is 0 Å². The monoisotopic (exact) mass is 539 g/mol. The molecular formula is C33H33NO6. The minimum absolute atomic E-state index is 0.0111. The van der Waals surface area contributed by atoms with Crippen molar-refractivity contribution < 1.29 is 28.5 Å². The van der Waals surface area contributed by atoms with Gasteiger partial charge in [0.25, 0.3) is 0 Å². The molecule has 0 saturated carbocycles. The van der Waals surface area contributed by atoms with E-state index in [4.69, 9.17) is 18.9 Å². The van der Waals surface area contributed by atoms with E-state index in [1.54, 1.807) is 14.2 Å². The van der Waals surface area contributed by atoms with Gasteiger partial charge in [-0.05, 0) is 60.2 Å². The molecule has 0 unspecified atom stereocenters. The Balaban J connectivity index is 1.51. The Kier molecular flexibility index (Phi) is 7.91. The molecule has 1 N–H and O–H groups in total. The molecule has 0 spiro atoms.